The van der Waals surface area contributed by atoms with Crippen molar-refractivity contribution < 1.29 is 9.22 Å². The van der Waals surface area contributed by atoms with Crippen molar-refractivity contribution in [3.05, 3.63) is 23.2 Å². The first-order chi connectivity index (χ1) is 9.99. The van der Waals surface area contributed by atoms with E-state index < -0.39 is 0 Å². The van der Waals surface area contributed by atoms with E-state index >= 15 is 0 Å². The zero-order valence-corrected chi connectivity index (χ0v) is 13.5. The van der Waals surface area contributed by atoms with Crippen molar-refractivity contribution in [3.63, 3.8) is 0 Å². The normalized spacial score (nSPS) is 14.4. The molecular formula is C14H17ClFN3OS. The molecule has 114 valence electrons. The van der Waals surface area contributed by atoms with E-state index in [0.29, 0.717) is 22.4 Å². The van der Waals surface area contributed by atoms with E-state index in [2.05, 4.69) is 5.10 Å². The van der Waals surface area contributed by atoms with Crippen molar-refractivity contribution in [3.8, 4) is 5.75 Å². The SMILES string of the molecule is CC(C)Oc1cc(N(F)C(=S)N2CCCC=N2)ccc1Cl. The van der Waals surface area contributed by atoms with Crippen molar-refractivity contribution in [2.45, 2.75) is 32.8 Å². The standard InChI is InChI=1S/C14H17ClFN3OS/c1-10(2)20-13-9-11(5-6-12(13)15)19(16)14(21)18-8-4-3-7-17-18/h5-7,9-10H,3-4,8H2,1-2H3. The second-order valence-corrected chi connectivity index (χ2v) is 5.68. The molecular weight excluding hydrogens is 313 g/mol. The Bertz CT molecular complexity index is 553. The van der Waals surface area contributed by atoms with Crippen LogP contribution < -0.4 is 9.86 Å². The second kappa shape index (κ2) is 7.04. The number of hydrogen-bond acceptors (Lipinski definition) is 3. The van der Waals surface area contributed by atoms with E-state index in [0.717, 1.165) is 12.8 Å². The largest absolute Gasteiger partial charge is 0.489 e. The van der Waals surface area contributed by atoms with Crippen LogP contribution in [0.15, 0.2) is 23.3 Å². The molecule has 0 spiro atoms. The molecule has 4 nitrogen and oxygen atoms in total. The Labute approximate surface area is 134 Å². The zero-order chi connectivity index (χ0) is 15.4. The van der Waals surface area contributed by atoms with Crippen molar-refractivity contribution in [2.75, 3.05) is 11.7 Å². The molecule has 0 N–H and O–H groups in total. The van der Waals surface area contributed by atoms with Gasteiger partial charge in [-0.1, -0.05) is 16.1 Å². The summed E-state index contributed by atoms with van der Waals surface area (Å²) in [6.07, 6.45) is 3.47. The Hall–Kier alpha value is -1.40. The van der Waals surface area contributed by atoms with Gasteiger partial charge in [-0.3, -0.25) is 0 Å². The van der Waals surface area contributed by atoms with Gasteiger partial charge in [0.05, 0.1) is 16.8 Å². The van der Waals surface area contributed by atoms with Crippen LogP contribution in [0.2, 0.25) is 5.02 Å². The van der Waals surface area contributed by atoms with Crippen LogP contribution >= 0.6 is 23.8 Å². The maximum atomic E-state index is 14.4. The maximum Gasteiger partial charge on any atom is 0.226 e. The van der Waals surface area contributed by atoms with Gasteiger partial charge < -0.3 is 4.74 Å². The van der Waals surface area contributed by atoms with Crippen LogP contribution in [0.4, 0.5) is 10.2 Å². The fourth-order valence-corrected chi connectivity index (χ4v) is 2.27. The fourth-order valence-electron chi connectivity index (χ4n) is 1.86. The van der Waals surface area contributed by atoms with Gasteiger partial charge in [0.2, 0.25) is 5.11 Å². The molecule has 0 saturated heterocycles. The predicted molar refractivity (Wildman–Crippen MR) is 87.8 cm³/mol. The topological polar surface area (TPSA) is 28.1 Å². The first-order valence-corrected chi connectivity index (χ1v) is 7.53. The minimum absolute atomic E-state index is 0.00349. The minimum Gasteiger partial charge on any atom is -0.489 e. The van der Waals surface area contributed by atoms with Gasteiger partial charge in [-0.2, -0.15) is 10.2 Å². The third-order valence-electron chi connectivity index (χ3n) is 2.82. The summed E-state index contributed by atoms with van der Waals surface area (Å²) < 4.78 is 20.0. The van der Waals surface area contributed by atoms with Crippen molar-refractivity contribution in [1.82, 2.24) is 5.01 Å². The van der Waals surface area contributed by atoms with Crippen LogP contribution in [0.5, 0.6) is 5.75 Å². The first kappa shape index (κ1) is 16.0. The third kappa shape index (κ3) is 4.04. The summed E-state index contributed by atoms with van der Waals surface area (Å²) in [5.74, 6) is 0.428. The molecule has 0 fully saturated rings. The smallest absolute Gasteiger partial charge is 0.226 e. The first-order valence-electron chi connectivity index (χ1n) is 6.75. The number of hydrogen-bond donors (Lipinski definition) is 0. The molecule has 0 radical (unpaired) electrons. The van der Waals surface area contributed by atoms with E-state index in [9.17, 15) is 4.48 Å². The number of ether oxygens (including phenoxy) is 1. The van der Waals surface area contributed by atoms with Gasteiger partial charge in [-0.15, -0.1) is 0 Å². The number of rotatable bonds is 3. The predicted octanol–water partition coefficient (Wildman–Crippen LogP) is 4.18. The summed E-state index contributed by atoms with van der Waals surface area (Å²) in [6.45, 7) is 4.37. The molecule has 1 aromatic carbocycles. The third-order valence-corrected chi connectivity index (χ3v) is 3.50. The Balaban J connectivity index is 2.18. The number of thiocarbonyl (C=S) groups is 1. The van der Waals surface area contributed by atoms with Gasteiger partial charge in [-0.05, 0) is 51.0 Å². The van der Waals surface area contributed by atoms with Crippen LogP contribution in [0.25, 0.3) is 0 Å². The number of anilines is 1. The zero-order valence-electron chi connectivity index (χ0n) is 11.9. The molecule has 7 heteroatoms. The summed E-state index contributed by atoms with van der Waals surface area (Å²) in [6, 6.07) is 4.67. The summed E-state index contributed by atoms with van der Waals surface area (Å²) in [5, 5.41) is 6.42. The van der Waals surface area contributed by atoms with Crippen molar-refractivity contribution in [1.29, 1.82) is 0 Å². The molecule has 0 aliphatic carbocycles. The molecule has 0 aromatic heterocycles. The van der Waals surface area contributed by atoms with Gasteiger partial charge in [0.25, 0.3) is 0 Å². The number of benzene rings is 1. The highest BCUT2D eigenvalue weighted by atomic mass is 35.5. The van der Waals surface area contributed by atoms with Crippen LogP contribution in [-0.2, 0) is 0 Å². The highest BCUT2D eigenvalue weighted by molar-refractivity contribution is 7.80. The molecule has 0 saturated carbocycles. The molecule has 21 heavy (non-hydrogen) atoms. The Kier molecular flexibility index (Phi) is 5.36. The highest BCUT2D eigenvalue weighted by Crippen LogP contribution is 2.31. The molecule has 0 bridgehead atoms. The Morgan fingerprint density at radius 3 is 2.90 bits per heavy atom. The van der Waals surface area contributed by atoms with Crippen molar-refractivity contribution in [2.24, 2.45) is 5.10 Å². The molecule has 1 aliphatic rings. The Morgan fingerprint density at radius 2 is 2.29 bits per heavy atom. The van der Waals surface area contributed by atoms with E-state index in [-0.39, 0.29) is 16.9 Å². The second-order valence-electron chi connectivity index (χ2n) is 4.91. The lowest BCUT2D eigenvalue weighted by molar-refractivity contribution is 0.242. The highest BCUT2D eigenvalue weighted by Gasteiger charge is 2.20. The van der Waals surface area contributed by atoms with E-state index in [1.165, 1.54) is 11.1 Å². The van der Waals surface area contributed by atoms with E-state index in [1.807, 2.05) is 13.8 Å². The van der Waals surface area contributed by atoms with Crippen LogP contribution in [0.3, 0.4) is 0 Å². The Morgan fingerprint density at radius 1 is 1.52 bits per heavy atom. The van der Waals surface area contributed by atoms with Gasteiger partial charge in [0.1, 0.15) is 5.75 Å². The number of nitrogens with zero attached hydrogens (tertiary/aromatic N) is 3. The maximum absolute atomic E-state index is 14.4. The average molecular weight is 330 g/mol. The summed E-state index contributed by atoms with van der Waals surface area (Å²) >= 11 is 11.2. The minimum atomic E-state index is -0.0514. The molecule has 2 rings (SSSR count). The van der Waals surface area contributed by atoms with Gasteiger partial charge >= 0.3 is 0 Å². The molecule has 1 aromatic rings. The monoisotopic (exact) mass is 329 g/mol. The number of halogens is 2. The summed E-state index contributed by atoms with van der Waals surface area (Å²) in [4.78, 5) is 0. The number of hydrazone groups is 1. The average Bonchev–Trinajstić information content (AvgIpc) is 2.48. The molecule has 1 aliphatic heterocycles. The van der Waals surface area contributed by atoms with Crippen LogP contribution in [-0.4, -0.2) is 29.0 Å². The van der Waals surface area contributed by atoms with E-state index in [1.54, 1.807) is 18.3 Å². The summed E-state index contributed by atoms with van der Waals surface area (Å²) in [5.41, 5.74) is 0.265. The molecule has 1 heterocycles. The van der Waals surface area contributed by atoms with Gasteiger partial charge in [-0.25, -0.2) is 5.01 Å². The van der Waals surface area contributed by atoms with Gasteiger partial charge in [0, 0.05) is 18.8 Å². The lowest BCUT2D eigenvalue weighted by Crippen LogP contribution is -2.37. The fraction of sp³-hybridized carbons (Fsp3) is 0.429. The van der Waals surface area contributed by atoms with E-state index in [4.69, 9.17) is 28.6 Å². The van der Waals surface area contributed by atoms with Crippen LogP contribution in [0, 0.1) is 0 Å². The lowest BCUT2D eigenvalue weighted by atomic mass is 10.3. The summed E-state index contributed by atoms with van der Waals surface area (Å²) in [7, 11) is 0. The molecule has 0 atom stereocenters. The van der Waals surface area contributed by atoms with Crippen molar-refractivity contribution >= 4 is 40.8 Å². The van der Waals surface area contributed by atoms with Crippen LogP contribution in [0.1, 0.15) is 26.7 Å². The molecule has 0 unspecified atom stereocenters. The quantitative estimate of drug-likeness (QED) is 0.614. The van der Waals surface area contributed by atoms with Gasteiger partial charge in [0.15, 0.2) is 0 Å². The lowest BCUT2D eigenvalue weighted by Gasteiger charge is -2.26. The molecule has 0 amide bonds.